The van der Waals surface area contributed by atoms with Crippen molar-refractivity contribution in [3.8, 4) is 0 Å². The van der Waals surface area contributed by atoms with Gasteiger partial charge in [0, 0.05) is 0 Å². The van der Waals surface area contributed by atoms with E-state index in [1.54, 1.807) is 0 Å². The number of rotatable bonds is 0. The molecule has 4 heteroatoms. The van der Waals surface area contributed by atoms with E-state index in [-0.39, 0.29) is 144 Å². The van der Waals surface area contributed by atoms with Crippen LogP contribution in [-0.4, -0.2) is 66.2 Å². The molecule has 0 heterocycles. The molecular weight excluding hydrogens is 295 g/mol. The summed E-state index contributed by atoms with van der Waals surface area (Å²) in [4.78, 5) is 0. The Balaban J connectivity index is 0. The van der Waals surface area contributed by atoms with Gasteiger partial charge in [-0.3, -0.25) is 0 Å². The van der Waals surface area contributed by atoms with Crippen LogP contribution in [0.2, 0.25) is 0 Å². The molecule has 0 nitrogen and oxygen atoms in total. The van der Waals surface area contributed by atoms with E-state index in [2.05, 4.69) is 0 Å². The van der Waals surface area contributed by atoms with E-state index in [4.69, 9.17) is 0 Å². The molecule has 0 N–H and O–H groups in total. The Hall–Kier alpha value is 4.62. The maximum Gasteiger partial charge on any atom is 3.00 e. The van der Waals surface area contributed by atoms with Crippen LogP contribution in [0.5, 0.6) is 0 Å². The molecule has 0 aromatic rings. The SMILES string of the molecule is [Al+3].[Ba+2].[K+].[Zr+2]. The summed E-state index contributed by atoms with van der Waals surface area (Å²) in [6, 6.07) is 0. The van der Waals surface area contributed by atoms with Crippen LogP contribution < -0.4 is 51.4 Å². The van der Waals surface area contributed by atoms with Gasteiger partial charge in [-0.1, -0.05) is 0 Å². The maximum atomic E-state index is 0. The first-order chi connectivity index (χ1) is 0. The molecule has 0 saturated heterocycles. The fourth-order valence-corrected chi connectivity index (χ4v) is 0. The Morgan fingerprint density at radius 3 is 1.00 bits per heavy atom. The molecule has 0 aliphatic carbocycles. The van der Waals surface area contributed by atoms with Crippen LogP contribution in [0, 0.1) is 0 Å². The Morgan fingerprint density at radius 2 is 1.00 bits per heavy atom. The Morgan fingerprint density at radius 1 is 1.00 bits per heavy atom. The van der Waals surface area contributed by atoms with Crippen LogP contribution in [-0.2, 0) is 26.2 Å². The summed E-state index contributed by atoms with van der Waals surface area (Å²) in [5.41, 5.74) is 0. The van der Waals surface area contributed by atoms with Crippen molar-refractivity contribution in [2.45, 2.75) is 0 Å². The molecule has 0 aliphatic rings. The van der Waals surface area contributed by atoms with Gasteiger partial charge >= 0.3 is 144 Å². The Labute approximate surface area is 139 Å². The molecule has 0 aliphatic heterocycles. The quantitative estimate of drug-likeness (QED) is 0.403. The van der Waals surface area contributed by atoms with E-state index in [9.17, 15) is 0 Å². The second-order valence-corrected chi connectivity index (χ2v) is 0. The van der Waals surface area contributed by atoms with Crippen LogP contribution in [0.4, 0.5) is 0 Å². The number of hydrogen-bond donors (Lipinski definition) is 0. The van der Waals surface area contributed by atoms with E-state index in [1.165, 1.54) is 0 Å². The number of hydrogen-bond acceptors (Lipinski definition) is 0. The minimum Gasteiger partial charge on any atom is 1.00 e. The second kappa shape index (κ2) is 15.6. The molecule has 0 aromatic heterocycles. The standard InChI is InChI=1S/Al.Ba.K.Zr/q+3;+2;+1;+2. The van der Waals surface area contributed by atoms with Gasteiger partial charge in [-0.25, -0.2) is 0 Å². The minimum absolute atomic E-state index is 0. The molecule has 0 rings (SSSR count). The predicted molar refractivity (Wildman–Crippen MR) is 11.5 cm³/mol. The predicted octanol–water partition coefficient (Wildman–Crippen LogP) is -3.76. The van der Waals surface area contributed by atoms with Gasteiger partial charge in [-0.15, -0.1) is 0 Å². The summed E-state index contributed by atoms with van der Waals surface area (Å²) >= 11 is 0. The van der Waals surface area contributed by atoms with Crippen LogP contribution >= 0.6 is 0 Å². The minimum atomic E-state index is 0. The first kappa shape index (κ1) is 23.4. The zero-order chi connectivity index (χ0) is 0. The molecular formula is AlBaKZr+8. The first-order valence-electron chi connectivity index (χ1n) is 0. The molecule has 0 atom stereocenters. The summed E-state index contributed by atoms with van der Waals surface area (Å²) in [7, 11) is 0. The average Bonchev–Trinajstić information content (AvgIpc) is 0. The normalized spacial score (nSPS) is 0. The first-order valence-corrected chi connectivity index (χ1v) is 0. The molecule has 0 fully saturated rings. The van der Waals surface area contributed by atoms with Crippen molar-refractivity contribution >= 4 is 66.2 Å². The van der Waals surface area contributed by atoms with Gasteiger partial charge in [0.15, 0.2) is 0 Å². The maximum absolute atomic E-state index is 0. The van der Waals surface area contributed by atoms with Gasteiger partial charge in [0.05, 0.1) is 0 Å². The van der Waals surface area contributed by atoms with Crippen LogP contribution in [0.15, 0.2) is 0 Å². The van der Waals surface area contributed by atoms with Gasteiger partial charge in [-0.05, 0) is 0 Å². The summed E-state index contributed by atoms with van der Waals surface area (Å²) in [5.74, 6) is 0. The summed E-state index contributed by atoms with van der Waals surface area (Å²) < 4.78 is 0. The third-order valence-electron chi connectivity index (χ3n) is 0. The molecule has 0 aromatic carbocycles. The summed E-state index contributed by atoms with van der Waals surface area (Å²) in [6.45, 7) is 0. The fraction of sp³-hybridized carbons (Fsp3) is 0. The van der Waals surface area contributed by atoms with E-state index in [0.29, 0.717) is 0 Å². The third-order valence-corrected chi connectivity index (χ3v) is 0. The smallest absolute Gasteiger partial charge is 1.00 e. The molecule has 0 radical (unpaired) electrons. The van der Waals surface area contributed by atoms with E-state index in [0.717, 1.165) is 0 Å². The van der Waals surface area contributed by atoms with Crippen LogP contribution in [0.3, 0.4) is 0 Å². The van der Waals surface area contributed by atoms with Crippen molar-refractivity contribution < 1.29 is 77.6 Å². The van der Waals surface area contributed by atoms with Crippen molar-refractivity contribution in [3.05, 3.63) is 0 Å². The van der Waals surface area contributed by atoms with Gasteiger partial charge in [0.2, 0.25) is 0 Å². The van der Waals surface area contributed by atoms with Gasteiger partial charge in [0.1, 0.15) is 0 Å². The van der Waals surface area contributed by atoms with Gasteiger partial charge < -0.3 is 0 Å². The molecule has 0 amide bonds. The van der Waals surface area contributed by atoms with Crippen molar-refractivity contribution in [2.24, 2.45) is 0 Å². The largest absolute Gasteiger partial charge is 3.00 e. The zero-order valence-electron chi connectivity index (χ0n) is 2.78. The summed E-state index contributed by atoms with van der Waals surface area (Å²) in [6.07, 6.45) is 0. The summed E-state index contributed by atoms with van der Waals surface area (Å²) in [5, 5.41) is 0. The zero-order valence-corrected chi connectivity index (χ0v) is 14.0. The van der Waals surface area contributed by atoms with Gasteiger partial charge in [0.25, 0.3) is 0 Å². The second-order valence-electron chi connectivity index (χ2n) is 0. The average molecular weight is 295 g/mol. The Kier molecular flexibility index (Phi) is 91.7. The molecule has 0 spiro atoms. The van der Waals surface area contributed by atoms with E-state index >= 15 is 0 Å². The van der Waals surface area contributed by atoms with Crippen molar-refractivity contribution in [1.29, 1.82) is 0 Å². The molecule has 4 heavy (non-hydrogen) atoms. The topological polar surface area (TPSA) is 0 Å². The molecule has 0 unspecified atom stereocenters. The molecule has 2 valence electrons. The van der Waals surface area contributed by atoms with E-state index in [1.807, 2.05) is 0 Å². The van der Waals surface area contributed by atoms with Gasteiger partial charge in [-0.2, -0.15) is 0 Å². The Bertz CT molecular complexity index is 8.00. The van der Waals surface area contributed by atoms with Crippen LogP contribution in [0.1, 0.15) is 0 Å². The monoisotopic (exact) mass is 294 g/mol. The third kappa shape index (κ3) is 9.80. The van der Waals surface area contributed by atoms with Crippen molar-refractivity contribution in [1.82, 2.24) is 0 Å². The van der Waals surface area contributed by atoms with Crippen molar-refractivity contribution in [3.63, 3.8) is 0 Å². The van der Waals surface area contributed by atoms with Crippen LogP contribution in [0.25, 0.3) is 0 Å². The molecule has 0 bridgehead atoms. The molecule has 0 saturated carbocycles. The van der Waals surface area contributed by atoms with E-state index < -0.39 is 0 Å². The van der Waals surface area contributed by atoms with Crippen molar-refractivity contribution in [2.75, 3.05) is 0 Å². The fourth-order valence-electron chi connectivity index (χ4n) is 0.